The van der Waals surface area contributed by atoms with Crippen molar-refractivity contribution in [3.63, 3.8) is 0 Å². The van der Waals surface area contributed by atoms with Crippen LogP contribution >= 0.6 is 15.9 Å². The van der Waals surface area contributed by atoms with Crippen molar-refractivity contribution in [2.45, 2.75) is 112 Å². The predicted octanol–water partition coefficient (Wildman–Crippen LogP) is 5.44. The van der Waals surface area contributed by atoms with Gasteiger partial charge in [-0.25, -0.2) is 0 Å². The van der Waals surface area contributed by atoms with E-state index in [4.69, 9.17) is 9.47 Å². The van der Waals surface area contributed by atoms with E-state index in [1.165, 1.54) is 4.90 Å². The Bertz CT molecular complexity index is 1640. The van der Waals surface area contributed by atoms with Crippen molar-refractivity contribution in [2.24, 2.45) is 11.8 Å². The van der Waals surface area contributed by atoms with Gasteiger partial charge in [-0.2, -0.15) is 0 Å². The van der Waals surface area contributed by atoms with Crippen LogP contribution in [0, 0.1) is 11.8 Å². The van der Waals surface area contributed by atoms with Crippen molar-refractivity contribution >= 4 is 39.6 Å². The highest BCUT2D eigenvalue weighted by Gasteiger charge is 2.77. The zero-order valence-electron chi connectivity index (χ0n) is 30.5. The molecule has 1 saturated carbocycles. The lowest BCUT2D eigenvalue weighted by Gasteiger charge is -2.42. The fourth-order valence-electron chi connectivity index (χ4n) is 9.19. The van der Waals surface area contributed by atoms with Crippen LogP contribution in [0.3, 0.4) is 0 Å². The molecule has 2 N–H and O–H groups in total. The lowest BCUT2D eigenvalue weighted by molar-refractivity contribution is -0.162. The van der Waals surface area contributed by atoms with Crippen LogP contribution in [0.4, 0.5) is 0 Å². The molecule has 3 saturated heterocycles. The molecule has 10 nitrogen and oxygen atoms in total. The van der Waals surface area contributed by atoms with Gasteiger partial charge in [-0.05, 0) is 50.2 Å². The number of esters is 1. The number of aliphatic hydroxyl groups excluding tert-OH is 1. The van der Waals surface area contributed by atoms with E-state index in [0.29, 0.717) is 31.4 Å². The summed E-state index contributed by atoms with van der Waals surface area (Å²) in [6.45, 7) is 9.37. The highest BCUT2D eigenvalue weighted by molar-refractivity contribution is 9.09. The largest absolute Gasteiger partial charge is 0.455 e. The van der Waals surface area contributed by atoms with Crippen molar-refractivity contribution in [1.82, 2.24) is 15.1 Å². The highest BCUT2D eigenvalue weighted by Crippen LogP contribution is 2.61. The number of alkyl halides is 1. The van der Waals surface area contributed by atoms with Crippen molar-refractivity contribution in [3.05, 3.63) is 97.1 Å². The number of aliphatic hydroxyl groups is 1. The smallest absolute Gasteiger partial charge is 0.313 e. The van der Waals surface area contributed by atoms with Crippen LogP contribution < -0.4 is 5.32 Å². The molecule has 53 heavy (non-hydrogen) atoms. The number of benzene rings is 2. The van der Waals surface area contributed by atoms with E-state index < -0.39 is 59.6 Å². The Morgan fingerprint density at radius 3 is 2.40 bits per heavy atom. The van der Waals surface area contributed by atoms with Gasteiger partial charge in [0.25, 0.3) is 0 Å². The summed E-state index contributed by atoms with van der Waals surface area (Å²) in [5.41, 5.74) is 0.265. The summed E-state index contributed by atoms with van der Waals surface area (Å²) in [5, 5.41) is 13.9. The van der Waals surface area contributed by atoms with Crippen LogP contribution in [0.2, 0.25) is 0 Å². The number of likely N-dealkylation sites (tertiary alicyclic amines) is 1. The predicted molar refractivity (Wildman–Crippen MR) is 205 cm³/mol. The van der Waals surface area contributed by atoms with Gasteiger partial charge in [0.05, 0.1) is 36.6 Å². The lowest BCUT2D eigenvalue weighted by atomic mass is 9.70. The van der Waals surface area contributed by atoms with Crippen molar-refractivity contribution < 1.29 is 33.8 Å². The Morgan fingerprint density at radius 2 is 1.75 bits per heavy atom. The monoisotopic (exact) mass is 789 g/mol. The van der Waals surface area contributed by atoms with E-state index in [0.717, 1.165) is 37.7 Å². The number of hydrogen-bond acceptors (Lipinski definition) is 7. The first kappa shape index (κ1) is 38.9. The maximum absolute atomic E-state index is 15.1. The molecule has 284 valence electrons. The molecule has 2 bridgehead atoms. The summed E-state index contributed by atoms with van der Waals surface area (Å²) in [5.74, 6) is -3.52. The number of fused-ring (bicyclic) bond motifs is 1. The summed E-state index contributed by atoms with van der Waals surface area (Å²) in [6, 6.07) is 16.4. The Hall–Kier alpha value is -3.80. The van der Waals surface area contributed by atoms with E-state index in [2.05, 4.69) is 34.4 Å². The quantitative estimate of drug-likeness (QED) is 0.132. The second-order valence-corrected chi connectivity index (χ2v) is 16.1. The number of halogens is 1. The van der Waals surface area contributed by atoms with Gasteiger partial charge in [0.15, 0.2) is 0 Å². The second-order valence-electron chi connectivity index (χ2n) is 15.0. The van der Waals surface area contributed by atoms with Gasteiger partial charge >= 0.3 is 5.97 Å². The van der Waals surface area contributed by atoms with Gasteiger partial charge in [-0.1, -0.05) is 108 Å². The molecule has 0 aromatic heterocycles. The van der Waals surface area contributed by atoms with E-state index in [9.17, 15) is 14.7 Å². The maximum atomic E-state index is 15.1. The summed E-state index contributed by atoms with van der Waals surface area (Å²) in [4.78, 5) is 60.6. The van der Waals surface area contributed by atoms with E-state index in [1.807, 2.05) is 65.6 Å². The molecule has 3 aliphatic heterocycles. The Morgan fingerprint density at radius 1 is 1.08 bits per heavy atom. The number of carbonyl (C=O) groups is 4. The standard InChI is InChI=1S/C42H52BrN3O7/c1-4-6-22-33(48)44-27(3)36(29-18-12-8-13-19-29)52-41(51)34-35-39(49)46(31(26-47)24-28-16-10-7-11-17-28)38(42(35)25-32(43)37(34)53-42)40(50)45(23-5-2)30-20-14-9-15-21-30/h4-5,7-8,10-13,16-19,27,30-32,34-38,47H,1-2,6,9,14-15,20-26H2,3H3,(H,44,48)/t27-,31-,32?,34-,35+,36-,37-,38-,42+/m1/s1. The van der Waals surface area contributed by atoms with Gasteiger partial charge in [0.1, 0.15) is 17.7 Å². The van der Waals surface area contributed by atoms with Crippen LogP contribution in [-0.2, 0) is 35.1 Å². The first-order chi connectivity index (χ1) is 25.6. The van der Waals surface area contributed by atoms with E-state index in [1.54, 1.807) is 19.1 Å². The first-order valence-electron chi connectivity index (χ1n) is 19.0. The van der Waals surface area contributed by atoms with Crippen LogP contribution in [0.5, 0.6) is 0 Å². The van der Waals surface area contributed by atoms with Gasteiger partial charge in [-0.15, -0.1) is 13.2 Å². The zero-order valence-corrected chi connectivity index (χ0v) is 32.1. The van der Waals surface area contributed by atoms with Crippen LogP contribution in [-0.4, -0.2) is 92.4 Å². The van der Waals surface area contributed by atoms with E-state index >= 15 is 9.59 Å². The highest BCUT2D eigenvalue weighted by atomic mass is 79.9. The minimum absolute atomic E-state index is 0.0164. The van der Waals surface area contributed by atoms with Crippen molar-refractivity contribution in [2.75, 3.05) is 13.2 Å². The number of hydrogen-bond donors (Lipinski definition) is 2. The molecule has 2 aromatic rings. The average molecular weight is 791 g/mol. The minimum Gasteiger partial charge on any atom is -0.455 e. The van der Waals surface area contributed by atoms with Gasteiger partial charge in [0.2, 0.25) is 17.7 Å². The van der Waals surface area contributed by atoms with Crippen LogP contribution in [0.25, 0.3) is 0 Å². The summed E-state index contributed by atoms with van der Waals surface area (Å²) < 4.78 is 13.2. The molecule has 4 aliphatic rings. The molecule has 3 amide bonds. The Balaban J connectivity index is 1.37. The fourth-order valence-corrected chi connectivity index (χ4v) is 10.1. The minimum atomic E-state index is -1.33. The SMILES string of the molecule is C=CCCC(=O)N[C@H](C)[C@@H](OC(=O)[C@H]1[C@@H]2O[C@@]3(CC2Br)[C@@H]1C(=O)N([C@@H](CO)Cc1ccccc1)[C@@H]3C(=O)N(CC=C)C1CCCCC1)c1ccccc1. The number of rotatable bonds is 16. The van der Waals surface area contributed by atoms with Gasteiger partial charge in [-0.3, -0.25) is 19.2 Å². The third-order valence-corrected chi connectivity index (χ3v) is 12.4. The number of nitrogens with one attached hydrogen (secondary N) is 1. The Labute approximate surface area is 321 Å². The number of amides is 3. The van der Waals surface area contributed by atoms with Crippen molar-refractivity contribution in [1.29, 1.82) is 0 Å². The third kappa shape index (κ3) is 7.75. The summed E-state index contributed by atoms with van der Waals surface area (Å²) in [7, 11) is 0. The molecule has 1 aliphatic carbocycles. The summed E-state index contributed by atoms with van der Waals surface area (Å²) >= 11 is 3.78. The number of nitrogens with zero attached hydrogens (tertiary/aromatic N) is 2. The molecule has 6 rings (SSSR count). The van der Waals surface area contributed by atoms with Crippen LogP contribution in [0.15, 0.2) is 86.0 Å². The van der Waals surface area contributed by atoms with Gasteiger partial charge < -0.3 is 29.7 Å². The molecular formula is C42H52BrN3O7. The molecule has 2 aromatic carbocycles. The average Bonchev–Trinajstić information content (AvgIpc) is 3.78. The van der Waals surface area contributed by atoms with E-state index in [-0.39, 0.29) is 35.7 Å². The molecule has 3 heterocycles. The number of ether oxygens (including phenoxy) is 2. The number of carbonyl (C=O) groups excluding carboxylic acids is 4. The van der Waals surface area contributed by atoms with Crippen molar-refractivity contribution in [3.8, 4) is 0 Å². The fraction of sp³-hybridized carbons (Fsp3) is 0.524. The Kier molecular flexibility index (Phi) is 12.6. The molecule has 1 spiro atoms. The number of allylic oxidation sites excluding steroid dienone is 1. The zero-order chi connectivity index (χ0) is 37.7. The topological polar surface area (TPSA) is 125 Å². The lowest BCUT2D eigenvalue weighted by Crippen LogP contribution is -2.61. The first-order valence-corrected chi connectivity index (χ1v) is 19.9. The normalized spacial score (nSPS) is 28.1. The maximum Gasteiger partial charge on any atom is 0.313 e. The third-order valence-electron chi connectivity index (χ3n) is 11.6. The molecule has 4 fully saturated rings. The molecule has 1 unspecified atom stereocenters. The molecule has 11 heteroatoms. The molecule has 0 radical (unpaired) electrons. The summed E-state index contributed by atoms with van der Waals surface area (Å²) in [6.07, 6.45) is 8.04. The molecular weight excluding hydrogens is 738 g/mol. The second kappa shape index (κ2) is 17.1. The van der Waals surface area contributed by atoms with Gasteiger partial charge in [0, 0.05) is 23.8 Å². The molecule has 9 atom stereocenters. The van der Waals surface area contributed by atoms with Crippen LogP contribution in [0.1, 0.15) is 75.5 Å².